The van der Waals surface area contributed by atoms with Crippen molar-refractivity contribution in [2.45, 2.75) is 11.3 Å². The molecule has 29 heavy (non-hydrogen) atoms. The number of aromatic nitrogens is 1. The predicted molar refractivity (Wildman–Crippen MR) is 113 cm³/mol. The maximum absolute atomic E-state index is 11.5. The summed E-state index contributed by atoms with van der Waals surface area (Å²) in [6.45, 7) is 0. The zero-order chi connectivity index (χ0) is 20.4. The minimum absolute atomic E-state index is 0.0401. The monoisotopic (exact) mass is 424 g/mol. The number of rotatable bonds is 5. The van der Waals surface area contributed by atoms with Crippen molar-refractivity contribution < 1.29 is 12.8 Å². The van der Waals surface area contributed by atoms with Crippen LogP contribution < -0.4 is 5.14 Å². The molecule has 0 aliphatic carbocycles. The van der Waals surface area contributed by atoms with E-state index in [9.17, 15) is 8.42 Å². The minimum atomic E-state index is -3.77. The highest BCUT2D eigenvalue weighted by Crippen LogP contribution is 2.34. The smallest absolute Gasteiger partial charge is 0.238 e. The van der Waals surface area contributed by atoms with Crippen LogP contribution in [0.25, 0.3) is 22.6 Å². The molecule has 146 valence electrons. The molecule has 0 unspecified atom stereocenters. The molecule has 4 aromatic rings. The number of halogens is 1. The molecule has 0 bridgehead atoms. The van der Waals surface area contributed by atoms with Gasteiger partial charge in [-0.15, -0.1) is 0 Å². The van der Waals surface area contributed by atoms with Gasteiger partial charge in [0.15, 0.2) is 11.7 Å². The summed E-state index contributed by atoms with van der Waals surface area (Å²) in [5, 5.41) is 5.82. The molecule has 0 radical (unpaired) electrons. The molecule has 2 N–H and O–H groups in total. The van der Waals surface area contributed by atoms with Crippen LogP contribution in [0, 0.1) is 0 Å². The molecule has 5 nitrogen and oxygen atoms in total. The molecule has 0 aliphatic rings. The van der Waals surface area contributed by atoms with E-state index in [2.05, 4.69) is 0 Å². The summed E-state index contributed by atoms with van der Waals surface area (Å²) in [6.07, 6.45) is 0.538. The molecule has 4 rings (SSSR count). The molecular weight excluding hydrogens is 408 g/mol. The van der Waals surface area contributed by atoms with Crippen LogP contribution in [-0.2, 0) is 16.4 Å². The first kappa shape index (κ1) is 19.4. The van der Waals surface area contributed by atoms with Crippen LogP contribution in [-0.4, -0.2) is 13.4 Å². The molecular formula is C22H17ClN2O3S. The van der Waals surface area contributed by atoms with Crippen LogP contribution in [0.15, 0.2) is 88.2 Å². The van der Waals surface area contributed by atoms with Gasteiger partial charge < -0.3 is 4.42 Å². The van der Waals surface area contributed by atoms with Crippen LogP contribution >= 0.6 is 11.6 Å². The molecule has 0 fully saturated rings. The predicted octanol–water partition coefficient (Wildman–Crippen LogP) is 4.90. The average Bonchev–Trinajstić information content (AvgIpc) is 3.12. The van der Waals surface area contributed by atoms with Gasteiger partial charge in [-0.05, 0) is 42.0 Å². The van der Waals surface area contributed by atoms with Crippen LogP contribution in [0.2, 0.25) is 5.02 Å². The van der Waals surface area contributed by atoms with Gasteiger partial charge in [-0.25, -0.2) is 18.5 Å². The summed E-state index contributed by atoms with van der Waals surface area (Å²) >= 11 is 6.02. The van der Waals surface area contributed by atoms with E-state index in [0.717, 1.165) is 11.1 Å². The summed E-state index contributed by atoms with van der Waals surface area (Å²) in [4.78, 5) is 4.74. The second kappa shape index (κ2) is 7.83. The molecule has 1 heterocycles. The second-order valence-electron chi connectivity index (χ2n) is 6.52. The third-order valence-electron chi connectivity index (χ3n) is 4.43. The van der Waals surface area contributed by atoms with Crippen molar-refractivity contribution in [3.8, 4) is 22.6 Å². The maximum atomic E-state index is 11.5. The lowest BCUT2D eigenvalue weighted by Gasteiger charge is -2.03. The number of nitrogens with two attached hydrogens (primary N) is 1. The van der Waals surface area contributed by atoms with Crippen LogP contribution in [0.4, 0.5) is 0 Å². The summed E-state index contributed by atoms with van der Waals surface area (Å²) in [5.74, 6) is 1.12. The Hall–Kier alpha value is -2.93. The summed E-state index contributed by atoms with van der Waals surface area (Å²) in [7, 11) is -3.77. The van der Waals surface area contributed by atoms with Crippen molar-refractivity contribution >= 4 is 21.6 Å². The van der Waals surface area contributed by atoms with Crippen molar-refractivity contribution in [2.24, 2.45) is 5.14 Å². The fourth-order valence-corrected chi connectivity index (χ4v) is 3.65. The van der Waals surface area contributed by atoms with Crippen LogP contribution in [0.5, 0.6) is 0 Å². The normalized spacial score (nSPS) is 11.5. The first-order valence-corrected chi connectivity index (χ1v) is 10.8. The van der Waals surface area contributed by atoms with Crippen molar-refractivity contribution in [2.75, 3.05) is 0 Å². The number of hydrogen-bond acceptors (Lipinski definition) is 4. The zero-order valence-electron chi connectivity index (χ0n) is 15.2. The molecule has 0 spiro atoms. The highest BCUT2D eigenvalue weighted by molar-refractivity contribution is 7.89. The minimum Gasteiger partial charge on any atom is -0.440 e. The van der Waals surface area contributed by atoms with E-state index in [0.29, 0.717) is 34.4 Å². The van der Waals surface area contributed by atoms with Gasteiger partial charge in [-0.3, -0.25) is 0 Å². The number of oxazole rings is 1. The standard InChI is InChI=1S/C22H17ClN2O3S/c23-18-10-6-16(7-11-18)21-22(17-8-12-19(13-9-17)29(24,26)27)28-20(25-21)14-15-4-2-1-3-5-15/h1-13H,14H2,(H2,24,26,27). The fourth-order valence-electron chi connectivity index (χ4n) is 3.01. The summed E-state index contributed by atoms with van der Waals surface area (Å²) < 4.78 is 29.2. The number of sulfonamides is 1. The quantitative estimate of drug-likeness (QED) is 0.493. The van der Waals surface area contributed by atoms with Crippen molar-refractivity contribution in [1.82, 2.24) is 4.98 Å². The second-order valence-corrected chi connectivity index (χ2v) is 8.52. The molecule has 0 aliphatic heterocycles. The maximum Gasteiger partial charge on any atom is 0.238 e. The third-order valence-corrected chi connectivity index (χ3v) is 5.61. The SMILES string of the molecule is NS(=O)(=O)c1ccc(-c2oc(Cc3ccccc3)nc2-c2ccc(Cl)cc2)cc1. The van der Waals surface area contributed by atoms with E-state index in [1.807, 2.05) is 42.5 Å². The molecule has 1 aromatic heterocycles. The Kier molecular flexibility index (Phi) is 5.24. The molecule has 0 amide bonds. The molecule has 3 aromatic carbocycles. The van der Waals surface area contributed by atoms with Gasteiger partial charge >= 0.3 is 0 Å². The van der Waals surface area contributed by atoms with Gasteiger partial charge in [0.2, 0.25) is 10.0 Å². The van der Waals surface area contributed by atoms with E-state index in [-0.39, 0.29) is 4.90 Å². The highest BCUT2D eigenvalue weighted by atomic mass is 35.5. The van der Waals surface area contributed by atoms with Gasteiger partial charge in [0.05, 0.1) is 4.90 Å². The van der Waals surface area contributed by atoms with Gasteiger partial charge in [0.25, 0.3) is 0 Å². The van der Waals surface area contributed by atoms with E-state index >= 15 is 0 Å². The number of hydrogen-bond donors (Lipinski definition) is 1. The van der Waals surface area contributed by atoms with E-state index in [1.54, 1.807) is 24.3 Å². The fraction of sp³-hybridized carbons (Fsp3) is 0.0455. The third kappa shape index (κ3) is 4.40. The topological polar surface area (TPSA) is 86.2 Å². The van der Waals surface area contributed by atoms with E-state index in [4.69, 9.17) is 26.1 Å². The van der Waals surface area contributed by atoms with Crippen molar-refractivity contribution in [3.63, 3.8) is 0 Å². The lowest BCUT2D eigenvalue weighted by atomic mass is 10.1. The summed E-state index contributed by atoms with van der Waals surface area (Å²) in [5.41, 5.74) is 3.29. The van der Waals surface area contributed by atoms with Gasteiger partial charge in [0.1, 0.15) is 5.69 Å². The van der Waals surface area contributed by atoms with Crippen molar-refractivity contribution in [1.29, 1.82) is 0 Å². The average molecular weight is 425 g/mol. The van der Waals surface area contributed by atoms with Crippen LogP contribution in [0.1, 0.15) is 11.5 Å². The number of nitrogens with zero attached hydrogens (tertiary/aromatic N) is 1. The molecule has 0 saturated carbocycles. The van der Waals surface area contributed by atoms with Crippen molar-refractivity contribution in [3.05, 3.63) is 95.3 Å². The molecule has 0 atom stereocenters. The first-order valence-electron chi connectivity index (χ1n) is 8.83. The Morgan fingerprint density at radius 2 is 1.48 bits per heavy atom. The van der Waals surface area contributed by atoms with Crippen LogP contribution in [0.3, 0.4) is 0 Å². The lowest BCUT2D eigenvalue weighted by Crippen LogP contribution is -2.11. The molecule has 0 saturated heterocycles. The Labute approximate surface area is 173 Å². The number of benzene rings is 3. The lowest BCUT2D eigenvalue weighted by molar-refractivity contribution is 0.519. The van der Waals surface area contributed by atoms with E-state index < -0.39 is 10.0 Å². The zero-order valence-corrected chi connectivity index (χ0v) is 16.8. The Balaban J connectivity index is 1.79. The van der Waals surface area contributed by atoms with Gasteiger partial charge in [-0.1, -0.05) is 54.1 Å². The summed E-state index contributed by atoms with van der Waals surface area (Å²) in [6, 6.07) is 23.4. The van der Waals surface area contributed by atoms with E-state index in [1.165, 1.54) is 12.1 Å². The highest BCUT2D eigenvalue weighted by Gasteiger charge is 2.18. The molecule has 7 heteroatoms. The Morgan fingerprint density at radius 1 is 0.862 bits per heavy atom. The van der Waals surface area contributed by atoms with Gasteiger partial charge in [-0.2, -0.15) is 0 Å². The number of primary sulfonamides is 1. The Bertz CT molecular complexity index is 1230. The Morgan fingerprint density at radius 3 is 2.10 bits per heavy atom. The largest absolute Gasteiger partial charge is 0.440 e. The first-order chi connectivity index (χ1) is 13.9. The van der Waals surface area contributed by atoms with Gasteiger partial charge in [0, 0.05) is 22.6 Å².